The molecular weight excluding hydrogens is 276 g/mol. The van der Waals surface area contributed by atoms with Gasteiger partial charge in [0, 0.05) is 25.8 Å². The zero-order valence-electron chi connectivity index (χ0n) is 12.8. The van der Waals surface area contributed by atoms with Crippen molar-refractivity contribution in [2.75, 3.05) is 25.0 Å². The Morgan fingerprint density at radius 3 is 2.45 bits per heavy atom. The first-order valence-electron chi connectivity index (χ1n) is 7.46. The fourth-order valence-corrected chi connectivity index (χ4v) is 2.22. The van der Waals surface area contributed by atoms with Crippen LogP contribution in [0.2, 0.25) is 0 Å². The van der Waals surface area contributed by atoms with E-state index in [4.69, 9.17) is 0 Å². The monoisotopic (exact) mass is 298 g/mol. The summed E-state index contributed by atoms with van der Waals surface area (Å²) >= 11 is 0. The van der Waals surface area contributed by atoms with Gasteiger partial charge in [-0.15, -0.1) is 0 Å². The fourth-order valence-electron chi connectivity index (χ4n) is 2.22. The lowest BCUT2D eigenvalue weighted by molar-refractivity contribution is -0.120. The molecule has 2 aromatic rings. The SMILES string of the molecule is CN(CCCNC(=O)Cc1ccc(O)cc1)c1ccccc1. The average molecular weight is 298 g/mol. The predicted molar refractivity (Wildman–Crippen MR) is 89.1 cm³/mol. The average Bonchev–Trinajstić information content (AvgIpc) is 2.54. The number of phenols is 1. The molecule has 0 saturated carbocycles. The normalized spacial score (nSPS) is 10.2. The molecular formula is C18H22N2O2. The van der Waals surface area contributed by atoms with Crippen LogP contribution in [0.15, 0.2) is 54.6 Å². The highest BCUT2D eigenvalue weighted by Gasteiger charge is 2.04. The van der Waals surface area contributed by atoms with E-state index in [1.165, 1.54) is 5.69 Å². The number of benzene rings is 2. The predicted octanol–water partition coefficient (Wildman–Crippen LogP) is 2.58. The second-order valence-electron chi connectivity index (χ2n) is 5.30. The highest BCUT2D eigenvalue weighted by Crippen LogP contribution is 2.11. The van der Waals surface area contributed by atoms with E-state index in [1.807, 2.05) is 25.2 Å². The van der Waals surface area contributed by atoms with Gasteiger partial charge in [0.15, 0.2) is 0 Å². The van der Waals surface area contributed by atoms with Gasteiger partial charge < -0.3 is 15.3 Å². The number of hydrogen-bond donors (Lipinski definition) is 2. The summed E-state index contributed by atoms with van der Waals surface area (Å²) in [6.07, 6.45) is 1.24. The molecule has 4 nitrogen and oxygen atoms in total. The van der Waals surface area contributed by atoms with Crippen LogP contribution in [0.1, 0.15) is 12.0 Å². The highest BCUT2D eigenvalue weighted by molar-refractivity contribution is 5.78. The highest BCUT2D eigenvalue weighted by atomic mass is 16.3. The van der Waals surface area contributed by atoms with Crippen molar-refractivity contribution in [3.8, 4) is 5.75 Å². The van der Waals surface area contributed by atoms with Gasteiger partial charge in [0.2, 0.25) is 5.91 Å². The molecule has 116 valence electrons. The molecule has 0 heterocycles. The molecule has 4 heteroatoms. The summed E-state index contributed by atoms with van der Waals surface area (Å²) in [5, 5.41) is 12.1. The molecule has 0 unspecified atom stereocenters. The minimum atomic E-state index is 0.00746. The fraction of sp³-hybridized carbons (Fsp3) is 0.278. The molecule has 2 rings (SSSR count). The van der Waals surface area contributed by atoms with Gasteiger partial charge in [-0.1, -0.05) is 30.3 Å². The van der Waals surface area contributed by atoms with Crippen molar-refractivity contribution in [1.29, 1.82) is 0 Å². The number of phenolic OH excluding ortho intramolecular Hbond substituents is 1. The van der Waals surface area contributed by atoms with E-state index in [2.05, 4.69) is 22.3 Å². The molecule has 0 aromatic heterocycles. The van der Waals surface area contributed by atoms with Crippen LogP contribution in [0.25, 0.3) is 0 Å². The molecule has 0 fully saturated rings. The van der Waals surface area contributed by atoms with Gasteiger partial charge >= 0.3 is 0 Å². The summed E-state index contributed by atoms with van der Waals surface area (Å²) in [4.78, 5) is 14.0. The van der Waals surface area contributed by atoms with E-state index < -0.39 is 0 Å². The van der Waals surface area contributed by atoms with Crippen molar-refractivity contribution in [2.24, 2.45) is 0 Å². The summed E-state index contributed by atoms with van der Waals surface area (Å²) in [6.45, 7) is 1.55. The largest absolute Gasteiger partial charge is 0.508 e. The number of rotatable bonds is 7. The van der Waals surface area contributed by atoms with Crippen LogP contribution in [-0.2, 0) is 11.2 Å². The molecule has 0 aliphatic carbocycles. The second kappa shape index (κ2) is 8.08. The third kappa shape index (κ3) is 5.13. The number of hydrogen-bond acceptors (Lipinski definition) is 3. The maximum atomic E-state index is 11.8. The van der Waals surface area contributed by atoms with Crippen LogP contribution in [0, 0.1) is 0 Å². The Balaban J connectivity index is 1.66. The number of aromatic hydroxyl groups is 1. The van der Waals surface area contributed by atoms with Crippen LogP contribution >= 0.6 is 0 Å². The van der Waals surface area contributed by atoms with E-state index in [0.29, 0.717) is 13.0 Å². The van der Waals surface area contributed by atoms with Crippen molar-refractivity contribution >= 4 is 11.6 Å². The number of amides is 1. The number of carbonyl (C=O) groups is 1. The quantitative estimate of drug-likeness (QED) is 0.773. The zero-order valence-corrected chi connectivity index (χ0v) is 12.8. The smallest absolute Gasteiger partial charge is 0.224 e. The van der Waals surface area contributed by atoms with Gasteiger partial charge in [-0.05, 0) is 36.2 Å². The molecule has 0 saturated heterocycles. The van der Waals surface area contributed by atoms with Crippen molar-refractivity contribution in [1.82, 2.24) is 5.32 Å². The lowest BCUT2D eigenvalue weighted by atomic mass is 10.1. The molecule has 2 N–H and O–H groups in total. The van der Waals surface area contributed by atoms with Crippen LogP contribution < -0.4 is 10.2 Å². The number of para-hydroxylation sites is 1. The first-order valence-corrected chi connectivity index (χ1v) is 7.46. The first kappa shape index (κ1) is 15.9. The van der Waals surface area contributed by atoms with E-state index in [9.17, 15) is 9.90 Å². The molecule has 0 bridgehead atoms. The molecule has 0 aliphatic rings. The summed E-state index contributed by atoms with van der Waals surface area (Å²) in [5.41, 5.74) is 2.08. The molecule has 0 radical (unpaired) electrons. The Hall–Kier alpha value is -2.49. The molecule has 2 aromatic carbocycles. The molecule has 0 atom stereocenters. The first-order chi connectivity index (χ1) is 10.6. The number of nitrogens with one attached hydrogen (secondary N) is 1. The lowest BCUT2D eigenvalue weighted by Gasteiger charge is -2.19. The number of anilines is 1. The van der Waals surface area contributed by atoms with Gasteiger partial charge in [-0.3, -0.25) is 4.79 Å². The van der Waals surface area contributed by atoms with Gasteiger partial charge in [-0.25, -0.2) is 0 Å². The van der Waals surface area contributed by atoms with E-state index >= 15 is 0 Å². The van der Waals surface area contributed by atoms with E-state index in [-0.39, 0.29) is 11.7 Å². The molecule has 1 amide bonds. The van der Waals surface area contributed by atoms with E-state index in [1.54, 1.807) is 24.3 Å². The van der Waals surface area contributed by atoms with Gasteiger partial charge in [0.1, 0.15) is 5.75 Å². The van der Waals surface area contributed by atoms with Gasteiger partial charge in [-0.2, -0.15) is 0 Å². The van der Waals surface area contributed by atoms with Gasteiger partial charge in [0.05, 0.1) is 6.42 Å². The third-order valence-corrected chi connectivity index (χ3v) is 3.49. The number of nitrogens with zero attached hydrogens (tertiary/aromatic N) is 1. The minimum Gasteiger partial charge on any atom is -0.508 e. The van der Waals surface area contributed by atoms with Gasteiger partial charge in [0.25, 0.3) is 0 Å². The maximum absolute atomic E-state index is 11.8. The Labute approximate surface area is 131 Å². The van der Waals surface area contributed by atoms with Crippen molar-refractivity contribution in [2.45, 2.75) is 12.8 Å². The van der Waals surface area contributed by atoms with Crippen LogP contribution in [-0.4, -0.2) is 31.2 Å². The molecule has 0 aliphatic heterocycles. The van der Waals surface area contributed by atoms with Crippen LogP contribution in [0.4, 0.5) is 5.69 Å². The van der Waals surface area contributed by atoms with Crippen LogP contribution in [0.5, 0.6) is 5.75 Å². The Morgan fingerprint density at radius 1 is 1.09 bits per heavy atom. The van der Waals surface area contributed by atoms with Crippen molar-refractivity contribution in [3.63, 3.8) is 0 Å². The van der Waals surface area contributed by atoms with E-state index in [0.717, 1.165) is 18.5 Å². The summed E-state index contributed by atoms with van der Waals surface area (Å²) < 4.78 is 0. The standard InChI is InChI=1S/C18H22N2O2/c1-20(16-6-3-2-4-7-16)13-5-12-19-18(22)14-15-8-10-17(21)11-9-15/h2-4,6-11,21H,5,12-14H2,1H3,(H,19,22). The summed E-state index contributed by atoms with van der Waals surface area (Å²) in [7, 11) is 2.05. The maximum Gasteiger partial charge on any atom is 0.224 e. The zero-order chi connectivity index (χ0) is 15.8. The van der Waals surface area contributed by atoms with Crippen LogP contribution in [0.3, 0.4) is 0 Å². The van der Waals surface area contributed by atoms with Crippen molar-refractivity contribution in [3.05, 3.63) is 60.2 Å². The van der Waals surface area contributed by atoms with Crippen molar-refractivity contribution < 1.29 is 9.90 Å². The molecule has 0 spiro atoms. The minimum absolute atomic E-state index is 0.00746. The lowest BCUT2D eigenvalue weighted by Crippen LogP contribution is -2.29. The summed E-state index contributed by atoms with van der Waals surface area (Å²) in [5.74, 6) is 0.223. The summed E-state index contributed by atoms with van der Waals surface area (Å²) in [6, 6.07) is 16.9. The Morgan fingerprint density at radius 2 is 1.77 bits per heavy atom. The molecule has 22 heavy (non-hydrogen) atoms. The second-order valence-corrected chi connectivity index (χ2v) is 5.30. The third-order valence-electron chi connectivity index (χ3n) is 3.49. The number of carbonyl (C=O) groups excluding carboxylic acids is 1. The Kier molecular flexibility index (Phi) is 5.83. The topological polar surface area (TPSA) is 52.6 Å². The Bertz CT molecular complexity index is 582.